The van der Waals surface area contributed by atoms with E-state index >= 15 is 0 Å². The molecule has 55 valence electrons. The van der Waals surface area contributed by atoms with Crippen LogP contribution in [0.1, 0.15) is 16.7 Å². The van der Waals surface area contributed by atoms with E-state index in [0.29, 0.717) is 0 Å². The Kier molecular flexibility index (Phi) is 2.30. The number of aliphatic hydroxyl groups is 1. The van der Waals surface area contributed by atoms with Crippen molar-refractivity contribution in [2.45, 2.75) is 6.92 Å². The first-order valence-corrected chi connectivity index (χ1v) is 3.33. The molecule has 0 atom stereocenters. The van der Waals surface area contributed by atoms with Crippen molar-refractivity contribution in [2.24, 2.45) is 0 Å². The highest BCUT2D eigenvalue weighted by Gasteiger charge is 1.99. The van der Waals surface area contributed by atoms with Gasteiger partial charge in [-0.2, -0.15) is 0 Å². The number of terminal acetylenes is 1. The van der Waals surface area contributed by atoms with Crippen LogP contribution in [-0.2, 0) is 0 Å². The lowest BCUT2D eigenvalue weighted by molar-refractivity contribution is 0.414. The lowest BCUT2D eigenvalue weighted by Gasteiger charge is -2.02. The summed E-state index contributed by atoms with van der Waals surface area (Å²) in [5, 5.41) is 8.74. The molecular formula is C10H9O. The van der Waals surface area contributed by atoms with Crippen LogP contribution >= 0.6 is 0 Å². The monoisotopic (exact) mass is 145 g/mol. The fourth-order valence-corrected chi connectivity index (χ4v) is 0.950. The highest BCUT2D eigenvalue weighted by atomic mass is 16.3. The van der Waals surface area contributed by atoms with Crippen LogP contribution in [0.4, 0.5) is 0 Å². The second kappa shape index (κ2) is 3.23. The molecule has 0 saturated heterocycles. The molecule has 1 radical (unpaired) electrons. The molecule has 0 amide bonds. The zero-order valence-electron chi connectivity index (χ0n) is 6.33. The maximum atomic E-state index is 8.74. The lowest BCUT2D eigenvalue weighted by Crippen LogP contribution is -1.89. The van der Waals surface area contributed by atoms with Gasteiger partial charge in [0.05, 0.1) is 0 Å². The maximum Gasteiger partial charge on any atom is 0.109 e. The van der Waals surface area contributed by atoms with E-state index in [-0.39, 0.29) is 0 Å². The van der Waals surface area contributed by atoms with Gasteiger partial charge in [0.15, 0.2) is 0 Å². The van der Waals surface area contributed by atoms with Crippen LogP contribution < -0.4 is 0 Å². The van der Waals surface area contributed by atoms with E-state index in [9.17, 15) is 0 Å². The van der Waals surface area contributed by atoms with Gasteiger partial charge in [0, 0.05) is 5.56 Å². The van der Waals surface area contributed by atoms with Crippen molar-refractivity contribution >= 4 is 0 Å². The van der Waals surface area contributed by atoms with Crippen molar-refractivity contribution in [3.63, 3.8) is 0 Å². The fourth-order valence-electron chi connectivity index (χ4n) is 0.950. The number of aliphatic hydroxyl groups excluding tert-OH is 1. The van der Waals surface area contributed by atoms with Crippen LogP contribution in [0.3, 0.4) is 0 Å². The minimum absolute atomic E-state index is 0.778. The van der Waals surface area contributed by atoms with E-state index in [1.54, 1.807) is 0 Å². The van der Waals surface area contributed by atoms with Gasteiger partial charge in [-0.05, 0) is 24.1 Å². The SMILES string of the molecule is C#Cc1cccc([CH]O)c1C. The average molecular weight is 145 g/mol. The molecule has 1 aromatic carbocycles. The van der Waals surface area contributed by atoms with Gasteiger partial charge in [-0.25, -0.2) is 0 Å². The third-order valence-electron chi connectivity index (χ3n) is 1.67. The molecule has 0 heterocycles. The summed E-state index contributed by atoms with van der Waals surface area (Å²) in [6.07, 6.45) is 5.23. The average Bonchev–Trinajstić information content (AvgIpc) is 2.05. The molecule has 11 heavy (non-hydrogen) atoms. The summed E-state index contributed by atoms with van der Waals surface area (Å²) in [6, 6.07) is 5.49. The Hall–Kier alpha value is -1.26. The first-order valence-electron chi connectivity index (χ1n) is 3.33. The number of hydrogen-bond donors (Lipinski definition) is 1. The van der Waals surface area contributed by atoms with Crippen LogP contribution in [0.15, 0.2) is 18.2 Å². The molecule has 0 aliphatic carbocycles. The van der Waals surface area contributed by atoms with E-state index in [1.807, 2.05) is 25.1 Å². The third-order valence-corrected chi connectivity index (χ3v) is 1.67. The number of rotatable bonds is 1. The Labute approximate surface area is 66.7 Å². The third kappa shape index (κ3) is 1.42. The van der Waals surface area contributed by atoms with Gasteiger partial charge in [0.2, 0.25) is 0 Å². The van der Waals surface area contributed by atoms with Gasteiger partial charge in [-0.3, -0.25) is 0 Å². The van der Waals surface area contributed by atoms with Crippen molar-refractivity contribution in [2.75, 3.05) is 0 Å². The summed E-state index contributed by atoms with van der Waals surface area (Å²) in [5.74, 6) is 2.54. The van der Waals surface area contributed by atoms with Gasteiger partial charge in [0.1, 0.15) is 6.61 Å². The highest BCUT2D eigenvalue weighted by molar-refractivity contribution is 5.45. The number of hydrogen-bond acceptors (Lipinski definition) is 1. The summed E-state index contributed by atoms with van der Waals surface area (Å²) in [4.78, 5) is 0. The molecule has 1 rings (SSSR count). The quantitative estimate of drug-likeness (QED) is 0.598. The summed E-state index contributed by atoms with van der Waals surface area (Å²) in [6.45, 7) is 2.95. The van der Waals surface area contributed by atoms with Crippen LogP contribution in [0, 0.1) is 25.9 Å². The van der Waals surface area contributed by atoms with E-state index in [4.69, 9.17) is 11.5 Å². The van der Waals surface area contributed by atoms with Gasteiger partial charge in [0.25, 0.3) is 0 Å². The molecule has 0 aliphatic heterocycles. The molecule has 0 fully saturated rings. The van der Waals surface area contributed by atoms with E-state index in [0.717, 1.165) is 23.3 Å². The highest BCUT2D eigenvalue weighted by Crippen LogP contribution is 2.12. The molecule has 0 saturated carbocycles. The van der Waals surface area contributed by atoms with Gasteiger partial charge < -0.3 is 5.11 Å². The predicted octanol–water partition coefficient (Wildman–Crippen LogP) is 1.86. The largest absolute Gasteiger partial charge is 0.385 e. The minimum Gasteiger partial charge on any atom is -0.385 e. The van der Waals surface area contributed by atoms with Gasteiger partial charge in [-0.1, -0.05) is 18.1 Å². The summed E-state index contributed by atoms with van der Waals surface area (Å²) in [5.41, 5.74) is 2.55. The predicted molar refractivity (Wildman–Crippen MR) is 44.5 cm³/mol. The maximum absolute atomic E-state index is 8.74. The van der Waals surface area contributed by atoms with Crippen molar-refractivity contribution in [3.8, 4) is 12.3 Å². The molecule has 0 unspecified atom stereocenters. The number of benzene rings is 1. The first kappa shape index (κ1) is 7.84. The molecule has 1 heteroatoms. The smallest absolute Gasteiger partial charge is 0.109 e. The fraction of sp³-hybridized carbons (Fsp3) is 0.100. The van der Waals surface area contributed by atoms with Crippen molar-refractivity contribution in [3.05, 3.63) is 41.5 Å². The zero-order chi connectivity index (χ0) is 8.27. The zero-order valence-corrected chi connectivity index (χ0v) is 6.33. The van der Waals surface area contributed by atoms with E-state index in [1.165, 1.54) is 0 Å². The Balaban J connectivity index is 3.23. The summed E-state index contributed by atoms with van der Waals surface area (Å²) >= 11 is 0. The molecule has 1 N–H and O–H groups in total. The van der Waals surface area contributed by atoms with Crippen molar-refractivity contribution < 1.29 is 5.11 Å². The standard InChI is InChI=1S/C10H9O/c1-3-9-5-4-6-10(7-11)8(9)2/h1,4-7,11H,2H3. The lowest BCUT2D eigenvalue weighted by atomic mass is 10.0. The molecule has 0 aliphatic rings. The van der Waals surface area contributed by atoms with Crippen LogP contribution in [-0.4, -0.2) is 5.11 Å². The Morgan fingerprint density at radius 1 is 1.55 bits per heavy atom. The first-order chi connectivity index (χ1) is 5.29. The van der Waals surface area contributed by atoms with Gasteiger partial charge >= 0.3 is 0 Å². The van der Waals surface area contributed by atoms with E-state index < -0.39 is 0 Å². The second-order valence-corrected chi connectivity index (χ2v) is 2.29. The van der Waals surface area contributed by atoms with Crippen LogP contribution in [0.5, 0.6) is 0 Å². The van der Waals surface area contributed by atoms with Crippen LogP contribution in [0.2, 0.25) is 0 Å². The Morgan fingerprint density at radius 3 is 2.82 bits per heavy atom. The summed E-state index contributed by atoms with van der Waals surface area (Å²) < 4.78 is 0. The normalized spacial score (nSPS) is 9.18. The summed E-state index contributed by atoms with van der Waals surface area (Å²) in [7, 11) is 0. The Morgan fingerprint density at radius 2 is 2.27 bits per heavy atom. The molecule has 0 aromatic heterocycles. The van der Waals surface area contributed by atoms with Crippen molar-refractivity contribution in [1.82, 2.24) is 0 Å². The molecule has 1 aromatic rings. The van der Waals surface area contributed by atoms with Crippen molar-refractivity contribution in [1.29, 1.82) is 0 Å². The second-order valence-electron chi connectivity index (χ2n) is 2.29. The molecule has 0 bridgehead atoms. The van der Waals surface area contributed by atoms with Gasteiger partial charge in [-0.15, -0.1) is 6.42 Å². The van der Waals surface area contributed by atoms with Crippen LogP contribution in [0.25, 0.3) is 0 Å². The Bertz CT molecular complexity index is 294. The molecular weight excluding hydrogens is 136 g/mol. The van der Waals surface area contributed by atoms with E-state index in [2.05, 4.69) is 5.92 Å². The topological polar surface area (TPSA) is 20.2 Å². The molecule has 1 nitrogen and oxygen atoms in total. The molecule has 0 spiro atoms. The minimum atomic E-state index is 0.778.